The van der Waals surface area contributed by atoms with Gasteiger partial charge in [0.25, 0.3) is 5.91 Å². The zero-order chi connectivity index (χ0) is 25.5. The van der Waals surface area contributed by atoms with Crippen molar-refractivity contribution >= 4 is 34.7 Å². The number of hydrazone groups is 1. The van der Waals surface area contributed by atoms with E-state index in [9.17, 15) is 4.79 Å². The molecule has 0 saturated heterocycles. The molecule has 1 heterocycles. The molecule has 0 unspecified atom stereocenters. The lowest BCUT2D eigenvalue weighted by atomic mass is 10.0. The average molecular weight is 506 g/mol. The van der Waals surface area contributed by atoms with Gasteiger partial charge in [-0.1, -0.05) is 42.1 Å². The van der Waals surface area contributed by atoms with Gasteiger partial charge in [0.2, 0.25) is 0 Å². The molecule has 0 aliphatic rings. The van der Waals surface area contributed by atoms with Crippen LogP contribution in [0.4, 0.5) is 0 Å². The third-order valence-electron chi connectivity index (χ3n) is 5.54. The molecule has 36 heavy (non-hydrogen) atoms. The van der Waals surface area contributed by atoms with Crippen molar-refractivity contribution in [3.05, 3.63) is 60.2 Å². The van der Waals surface area contributed by atoms with Crippen LogP contribution in [0.1, 0.15) is 12.5 Å². The Kier molecular flexibility index (Phi) is 8.06. The van der Waals surface area contributed by atoms with E-state index in [-0.39, 0.29) is 11.7 Å². The third kappa shape index (κ3) is 5.28. The second-order valence-corrected chi connectivity index (χ2v) is 8.55. The molecule has 0 bridgehead atoms. The number of ether oxygens (including phenoxy) is 3. The number of benzene rings is 3. The molecule has 1 N–H and O–H groups in total. The van der Waals surface area contributed by atoms with E-state index in [1.165, 1.54) is 11.8 Å². The monoisotopic (exact) mass is 505 g/mol. The van der Waals surface area contributed by atoms with Crippen LogP contribution in [0.2, 0.25) is 0 Å². The fraction of sp³-hybridized carbons (Fsp3) is 0.231. The summed E-state index contributed by atoms with van der Waals surface area (Å²) in [5, 5.41) is 15.5. The summed E-state index contributed by atoms with van der Waals surface area (Å²) in [5.41, 5.74) is 4.23. The molecule has 1 amide bonds. The van der Waals surface area contributed by atoms with Crippen LogP contribution in [0.5, 0.6) is 17.2 Å². The average Bonchev–Trinajstić information content (AvgIpc) is 3.34. The minimum atomic E-state index is -0.256. The predicted octanol–water partition coefficient (Wildman–Crippen LogP) is 4.39. The smallest absolute Gasteiger partial charge is 0.250 e. The molecule has 0 fully saturated rings. The quantitative estimate of drug-likeness (QED) is 0.194. The zero-order valence-corrected chi connectivity index (χ0v) is 21.3. The van der Waals surface area contributed by atoms with Gasteiger partial charge in [-0.15, -0.1) is 10.2 Å². The Morgan fingerprint density at radius 3 is 2.50 bits per heavy atom. The van der Waals surface area contributed by atoms with Crippen LogP contribution in [0, 0.1) is 0 Å². The highest BCUT2D eigenvalue weighted by atomic mass is 32.2. The lowest BCUT2D eigenvalue weighted by molar-refractivity contribution is -0.118. The van der Waals surface area contributed by atoms with Gasteiger partial charge < -0.3 is 18.8 Å². The van der Waals surface area contributed by atoms with Gasteiger partial charge in [-0.3, -0.25) is 4.79 Å². The summed E-state index contributed by atoms with van der Waals surface area (Å²) in [6, 6.07) is 17.4. The first-order chi connectivity index (χ1) is 17.6. The molecule has 1 aromatic heterocycles. The van der Waals surface area contributed by atoms with Crippen molar-refractivity contribution in [3.63, 3.8) is 0 Å². The molecule has 4 aromatic rings. The van der Waals surface area contributed by atoms with Crippen LogP contribution in [0.25, 0.3) is 22.2 Å². The number of fused-ring (bicyclic) bond motifs is 1. The van der Waals surface area contributed by atoms with E-state index in [0.717, 1.165) is 21.9 Å². The minimum absolute atomic E-state index is 0.133. The number of thioether (sulfide) groups is 1. The minimum Gasteiger partial charge on any atom is -0.496 e. The van der Waals surface area contributed by atoms with E-state index >= 15 is 0 Å². The summed E-state index contributed by atoms with van der Waals surface area (Å²) in [4.78, 5) is 12.5. The van der Waals surface area contributed by atoms with Crippen molar-refractivity contribution in [1.82, 2.24) is 20.2 Å². The Labute approximate surface area is 213 Å². The SMILES string of the molecule is CCn1c(SCC(=O)N/N=C/c2c(OC)ccc3ccccc23)nnc1-c1ccc(OC)c(OC)c1. The summed E-state index contributed by atoms with van der Waals surface area (Å²) < 4.78 is 18.1. The number of carbonyl (C=O) groups is 1. The lowest BCUT2D eigenvalue weighted by Gasteiger charge is -2.11. The second-order valence-electron chi connectivity index (χ2n) is 7.60. The lowest BCUT2D eigenvalue weighted by Crippen LogP contribution is -2.20. The maximum atomic E-state index is 12.5. The largest absolute Gasteiger partial charge is 0.496 e. The van der Waals surface area contributed by atoms with E-state index in [4.69, 9.17) is 14.2 Å². The van der Waals surface area contributed by atoms with E-state index in [1.807, 2.05) is 66.1 Å². The maximum absolute atomic E-state index is 12.5. The molecule has 0 atom stereocenters. The second kappa shape index (κ2) is 11.6. The van der Waals surface area contributed by atoms with Crippen molar-refractivity contribution in [2.75, 3.05) is 27.1 Å². The Bertz CT molecular complexity index is 1400. The number of hydrogen-bond donors (Lipinski definition) is 1. The molecule has 0 aliphatic heterocycles. The van der Waals surface area contributed by atoms with Gasteiger partial charge in [0, 0.05) is 17.7 Å². The number of methoxy groups -OCH3 is 3. The number of aromatic nitrogens is 3. The van der Waals surface area contributed by atoms with Crippen molar-refractivity contribution < 1.29 is 19.0 Å². The number of rotatable bonds is 10. The fourth-order valence-corrected chi connectivity index (χ4v) is 4.58. The Balaban J connectivity index is 1.44. The molecule has 4 rings (SSSR count). The van der Waals surface area contributed by atoms with Gasteiger partial charge in [0.05, 0.1) is 33.3 Å². The van der Waals surface area contributed by atoms with Crippen LogP contribution in [0.3, 0.4) is 0 Å². The molecule has 9 nitrogen and oxygen atoms in total. The van der Waals surface area contributed by atoms with Crippen LogP contribution < -0.4 is 19.6 Å². The summed E-state index contributed by atoms with van der Waals surface area (Å²) in [5.74, 6) is 2.48. The van der Waals surface area contributed by atoms with Gasteiger partial charge in [-0.25, -0.2) is 5.43 Å². The molecule has 0 radical (unpaired) electrons. The summed E-state index contributed by atoms with van der Waals surface area (Å²) in [6.07, 6.45) is 1.60. The van der Waals surface area contributed by atoms with Gasteiger partial charge in [0.15, 0.2) is 22.5 Å². The molecule has 186 valence electrons. The summed E-state index contributed by atoms with van der Waals surface area (Å²) in [6.45, 7) is 2.64. The number of nitrogens with zero attached hydrogens (tertiary/aromatic N) is 4. The highest BCUT2D eigenvalue weighted by Gasteiger charge is 2.16. The molecule has 0 aliphatic carbocycles. The van der Waals surface area contributed by atoms with Gasteiger partial charge in [-0.2, -0.15) is 5.10 Å². The summed E-state index contributed by atoms with van der Waals surface area (Å²) >= 11 is 1.29. The standard InChI is InChI=1S/C26H27N5O4S/c1-5-31-25(18-11-13-22(34-3)23(14-18)35-4)29-30-26(31)36-16-24(32)28-27-15-20-19-9-7-6-8-17(19)10-12-21(20)33-2/h6-15H,5,16H2,1-4H3,(H,28,32)/b27-15+. The number of amides is 1. The Morgan fingerprint density at radius 2 is 1.75 bits per heavy atom. The van der Waals surface area contributed by atoms with E-state index in [0.29, 0.717) is 34.8 Å². The van der Waals surface area contributed by atoms with Gasteiger partial charge in [0.1, 0.15) is 5.75 Å². The van der Waals surface area contributed by atoms with Crippen molar-refractivity contribution in [2.24, 2.45) is 5.10 Å². The number of hydrogen-bond acceptors (Lipinski definition) is 8. The van der Waals surface area contributed by atoms with Crippen molar-refractivity contribution in [2.45, 2.75) is 18.6 Å². The van der Waals surface area contributed by atoms with Crippen LogP contribution in [-0.4, -0.2) is 54.0 Å². The number of carbonyl (C=O) groups excluding carboxylic acids is 1. The van der Waals surface area contributed by atoms with Crippen LogP contribution in [0.15, 0.2) is 64.9 Å². The van der Waals surface area contributed by atoms with Crippen LogP contribution in [-0.2, 0) is 11.3 Å². The Hall–Kier alpha value is -4.05. The van der Waals surface area contributed by atoms with E-state index < -0.39 is 0 Å². The molecular formula is C26H27N5O4S. The first kappa shape index (κ1) is 25.1. The maximum Gasteiger partial charge on any atom is 0.250 e. The van der Waals surface area contributed by atoms with Gasteiger partial charge >= 0.3 is 0 Å². The van der Waals surface area contributed by atoms with E-state index in [2.05, 4.69) is 20.7 Å². The molecule has 10 heteroatoms. The normalized spacial score (nSPS) is 11.1. The Morgan fingerprint density at radius 1 is 1.00 bits per heavy atom. The zero-order valence-electron chi connectivity index (χ0n) is 20.5. The number of nitrogens with one attached hydrogen (secondary N) is 1. The molecule has 0 saturated carbocycles. The van der Waals surface area contributed by atoms with Gasteiger partial charge in [-0.05, 0) is 42.0 Å². The molecule has 0 spiro atoms. The first-order valence-electron chi connectivity index (χ1n) is 11.3. The summed E-state index contributed by atoms with van der Waals surface area (Å²) in [7, 11) is 4.79. The fourth-order valence-electron chi connectivity index (χ4n) is 3.79. The topological polar surface area (TPSA) is 99.9 Å². The highest BCUT2D eigenvalue weighted by Crippen LogP contribution is 2.33. The first-order valence-corrected chi connectivity index (χ1v) is 12.2. The van der Waals surface area contributed by atoms with Crippen LogP contribution >= 0.6 is 11.8 Å². The van der Waals surface area contributed by atoms with E-state index in [1.54, 1.807) is 27.5 Å². The van der Waals surface area contributed by atoms with Crippen molar-refractivity contribution in [3.8, 4) is 28.6 Å². The highest BCUT2D eigenvalue weighted by molar-refractivity contribution is 7.99. The molecule has 3 aromatic carbocycles. The molecular weight excluding hydrogens is 478 g/mol. The van der Waals surface area contributed by atoms with Crippen molar-refractivity contribution in [1.29, 1.82) is 0 Å². The third-order valence-corrected chi connectivity index (χ3v) is 6.51. The predicted molar refractivity (Wildman–Crippen MR) is 141 cm³/mol.